The maximum Gasteiger partial charge on any atom is 0.356 e. The van der Waals surface area contributed by atoms with Crippen LogP contribution in [-0.4, -0.2) is 24.8 Å². The van der Waals surface area contributed by atoms with Crippen LogP contribution in [0.4, 0.5) is 0 Å². The Balaban J connectivity index is 0.000001000. The average Bonchev–Trinajstić information content (AvgIpc) is 2.05. The molecule has 0 bridgehead atoms. The summed E-state index contributed by atoms with van der Waals surface area (Å²) in [6, 6.07) is 8.55. The van der Waals surface area contributed by atoms with E-state index in [9.17, 15) is 4.79 Å². The van der Waals surface area contributed by atoms with Crippen molar-refractivity contribution in [2.45, 2.75) is 0 Å². The summed E-state index contributed by atoms with van der Waals surface area (Å²) in [4.78, 5) is 10.7. The molecule has 0 saturated heterocycles. The first-order chi connectivity index (χ1) is 4.84. The minimum absolute atomic E-state index is 0. The Hall–Kier alpha value is -0.423. The van der Waals surface area contributed by atoms with Crippen molar-refractivity contribution in [3.05, 3.63) is 35.9 Å². The molecule has 1 rings (SSSR count). The van der Waals surface area contributed by atoms with Crippen molar-refractivity contribution in [3.8, 4) is 0 Å². The van der Waals surface area contributed by atoms with Crippen molar-refractivity contribution in [1.82, 2.24) is 0 Å². The third-order valence-electron chi connectivity index (χ3n) is 1.08. The minimum Gasteiger partial charge on any atom is -0.343 e. The number of halogens is 1. The fraction of sp³-hybridized carbons (Fsp3) is 0. The van der Waals surface area contributed by atoms with Crippen LogP contribution in [0.15, 0.2) is 30.3 Å². The van der Waals surface area contributed by atoms with Gasteiger partial charge in [-0.2, -0.15) is 0 Å². The molecule has 4 heteroatoms. The second-order valence-corrected chi connectivity index (χ2v) is 1.88. The molecule has 53 valence electrons. The van der Waals surface area contributed by atoms with Crippen LogP contribution in [-0.2, 0) is 4.29 Å². The van der Waals surface area contributed by atoms with E-state index in [0.29, 0.717) is 5.56 Å². The molecular weight excluding hydrogens is 158 g/mol. The van der Waals surface area contributed by atoms with E-state index in [0.717, 1.165) is 0 Å². The van der Waals surface area contributed by atoms with Crippen LogP contribution in [0.5, 0.6) is 0 Å². The second-order valence-electron chi connectivity index (χ2n) is 1.73. The summed E-state index contributed by atoms with van der Waals surface area (Å²) in [5.74, 6) is -0.526. The summed E-state index contributed by atoms with van der Waals surface area (Å²) < 4.78 is 3.97. The van der Waals surface area contributed by atoms with E-state index in [1.165, 1.54) is 0 Å². The SMILES string of the molecule is O=C(OCl)c1ccccc1.[Li]. The first-order valence-electron chi connectivity index (χ1n) is 2.72. The predicted octanol–water partition coefficient (Wildman–Crippen LogP) is 1.62. The van der Waals surface area contributed by atoms with Crippen molar-refractivity contribution in [2.75, 3.05) is 0 Å². The van der Waals surface area contributed by atoms with Crippen molar-refractivity contribution >= 4 is 36.7 Å². The third kappa shape index (κ3) is 2.98. The Labute approximate surface area is 81.8 Å². The van der Waals surface area contributed by atoms with Gasteiger partial charge in [-0.25, -0.2) is 4.79 Å². The number of hydrogen-bond acceptors (Lipinski definition) is 2. The van der Waals surface area contributed by atoms with E-state index in [1.54, 1.807) is 24.3 Å². The molecule has 2 nitrogen and oxygen atoms in total. The molecule has 0 fully saturated rings. The quantitative estimate of drug-likeness (QED) is 0.588. The van der Waals surface area contributed by atoms with Crippen molar-refractivity contribution in [2.24, 2.45) is 0 Å². The van der Waals surface area contributed by atoms with Gasteiger partial charge in [-0.15, -0.1) is 0 Å². The Morgan fingerprint density at radius 2 is 1.82 bits per heavy atom. The van der Waals surface area contributed by atoms with Gasteiger partial charge >= 0.3 is 5.97 Å². The van der Waals surface area contributed by atoms with Gasteiger partial charge in [0.25, 0.3) is 0 Å². The van der Waals surface area contributed by atoms with Crippen LogP contribution in [0.25, 0.3) is 0 Å². The van der Waals surface area contributed by atoms with Gasteiger partial charge in [0.2, 0.25) is 0 Å². The zero-order chi connectivity index (χ0) is 7.40. The minimum atomic E-state index is -0.526. The smallest absolute Gasteiger partial charge is 0.343 e. The summed E-state index contributed by atoms with van der Waals surface area (Å²) in [6.45, 7) is 0. The molecule has 11 heavy (non-hydrogen) atoms. The van der Waals surface area contributed by atoms with Crippen molar-refractivity contribution < 1.29 is 9.08 Å². The molecular formula is C7H5ClLiO2. The first-order valence-corrected chi connectivity index (χ1v) is 3.03. The van der Waals surface area contributed by atoms with Gasteiger partial charge < -0.3 is 4.29 Å². The van der Waals surface area contributed by atoms with E-state index < -0.39 is 5.97 Å². The van der Waals surface area contributed by atoms with Gasteiger partial charge in [0, 0.05) is 18.9 Å². The fourth-order valence-electron chi connectivity index (χ4n) is 0.619. The molecule has 0 spiro atoms. The number of benzene rings is 1. The summed E-state index contributed by atoms with van der Waals surface area (Å²) in [6.07, 6.45) is 0. The molecule has 0 aliphatic carbocycles. The average molecular weight is 164 g/mol. The van der Waals surface area contributed by atoms with Crippen LogP contribution in [0.1, 0.15) is 10.4 Å². The molecule has 0 amide bonds. The molecule has 0 saturated carbocycles. The third-order valence-corrected chi connectivity index (χ3v) is 1.22. The Kier molecular flexibility index (Phi) is 5.06. The van der Waals surface area contributed by atoms with Crippen LogP contribution in [0, 0.1) is 0 Å². The van der Waals surface area contributed by atoms with Gasteiger partial charge in [-0.3, -0.25) is 0 Å². The van der Waals surface area contributed by atoms with Crippen molar-refractivity contribution in [3.63, 3.8) is 0 Å². The van der Waals surface area contributed by atoms with E-state index >= 15 is 0 Å². The molecule has 1 radical (unpaired) electrons. The normalized spacial score (nSPS) is 8.09. The molecule has 0 N–H and O–H groups in total. The maximum atomic E-state index is 10.7. The zero-order valence-corrected chi connectivity index (χ0v) is 6.84. The molecule has 0 unspecified atom stereocenters. The van der Waals surface area contributed by atoms with Gasteiger partial charge in [0.15, 0.2) is 0 Å². The van der Waals surface area contributed by atoms with Gasteiger partial charge in [-0.1, -0.05) is 18.2 Å². The maximum absolute atomic E-state index is 10.7. The summed E-state index contributed by atoms with van der Waals surface area (Å²) in [5, 5.41) is 0. The summed E-state index contributed by atoms with van der Waals surface area (Å²) in [7, 11) is 0. The number of rotatable bonds is 1. The standard InChI is InChI=1S/C7H5ClO2.Li/c8-10-7(9)6-4-2-1-3-5-6;/h1-5H;. The van der Waals surface area contributed by atoms with Crippen molar-refractivity contribution in [1.29, 1.82) is 0 Å². The second kappa shape index (κ2) is 5.26. The predicted molar refractivity (Wildman–Crippen MR) is 43.5 cm³/mol. The topological polar surface area (TPSA) is 26.3 Å². The van der Waals surface area contributed by atoms with Gasteiger partial charge in [-0.05, 0) is 12.1 Å². The summed E-state index contributed by atoms with van der Waals surface area (Å²) >= 11 is 4.84. The van der Waals surface area contributed by atoms with E-state index in [4.69, 9.17) is 11.9 Å². The first kappa shape index (κ1) is 10.6. The molecule has 1 aromatic carbocycles. The molecule has 0 aliphatic rings. The summed E-state index contributed by atoms with van der Waals surface area (Å²) in [5.41, 5.74) is 0.456. The van der Waals surface area contributed by atoms with Crippen LogP contribution in [0.2, 0.25) is 0 Å². The van der Waals surface area contributed by atoms with E-state index in [1.807, 2.05) is 6.07 Å². The Bertz CT molecular complexity index is 225. The van der Waals surface area contributed by atoms with Crippen LogP contribution in [0.3, 0.4) is 0 Å². The molecule has 0 heterocycles. The number of carbonyl (C=O) groups excluding carboxylic acids is 1. The fourth-order valence-corrected chi connectivity index (χ4v) is 0.708. The number of hydrogen-bond donors (Lipinski definition) is 0. The zero-order valence-electron chi connectivity index (χ0n) is 6.08. The van der Waals surface area contributed by atoms with Crippen LogP contribution < -0.4 is 0 Å². The van der Waals surface area contributed by atoms with E-state index in [2.05, 4.69) is 4.29 Å². The van der Waals surface area contributed by atoms with E-state index in [-0.39, 0.29) is 18.9 Å². The van der Waals surface area contributed by atoms with Gasteiger partial charge in [0.1, 0.15) is 11.9 Å². The number of carbonyl (C=O) groups is 1. The molecule has 0 aromatic heterocycles. The molecule has 0 atom stereocenters. The Morgan fingerprint density at radius 3 is 2.27 bits per heavy atom. The van der Waals surface area contributed by atoms with Crippen LogP contribution >= 0.6 is 11.9 Å². The van der Waals surface area contributed by atoms with Gasteiger partial charge in [0.05, 0.1) is 5.56 Å². The molecule has 1 aromatic rings. The molecule has 0 aliphatic heterocycles. The largest absolute Gasteiger partial charge is 0.356 e. The Morgan fingerprint density at radius 1 is 1.27 bits per heavy atom. The monoisotopic (exact) mass is 163 g/mol.